The average Bonchev–Trinajstić information content (AvgIpc) is 2.20. The van der Waals surface area contributed by atoms with E-state index in [0.29, 0.717) is 11.5 Å². The first-order valence-corrected chi connectivity index (χ1v) is 3.59. The molecule has 0 aliphatic carbocycles. The number of carbonyl (C=O) groups excluding carboxylic acids is 1. The Morgan fingerprint density at radius 3 is 2.90 bits per heavy atom. The molecule has 54 valence electrons. The lowest BCUT2D eigenvalue weighted by molar-refractivity contribution is -0.126. The van der Waals surface area contributed by atoms with Crippen LogP contribution in [0.2, 0.25) is 0 Å². The lowest BCUT2D eigenvalue weighted by Crippen LogP contribution is -2.30. The van der Waals surface area contributed by atoms with Crippen molar-refractivity contribution in [2.75, 3.05) is 0 Å². The standard InChI is InChI=1S/C7H7ClO2/c1-7-5(8)2-4(10-7)3-6(7)9/h2,4H,3H2,1H3. The lowest BCUT2D eigenvalue weighted by Gasteiger charge is -2.16. The van der Waals surface area contributed by atoms with Gasteiger partial charge in [-0.05, 0) is 13.0 Å². The van der Waals surface area contributed by atoms with Gasteiger partial charge >= 0.3 is 0 Å². The third-order valence-corrected chi connectivity index (χ3v) is 2.58. The molecule has 2 unspecified atom stereocenters. The topological polar surface area (TPSA) is 26.3 Å². The smallest absolute Gasteiger partial charge is 0.172 e. The molecule has 2 nitrogen and oxygen atoms in total. The SMILES string of the molecule is CC12OC(C=C1Cl)CC2=O. The van der Waals surface area contributed by atoms with Crippen molar-refractivity contribution in [1.29, 1.82) is 0 Å². The maximum atomic E-state index is 11.1. The maximum absolute atomic E-state index is 11.1. The summed E-state index contributed by atoms with van der Waals surface area (Å²) in [4.78, 5) is 11.1. The molecule has 0 aromatic rings. The Hall–Kier alpha value is -0.340. The molecule has 1 saturated heterocycles. The molecule has 2 aliphatic heterocycles. The van der Waals surface area contributed by atoms with Crippen LogP contribution >= 0.6 is 11.6 Å². The highest BCUT2D eigenvalue weighted by Crippen LogP contribution is 2.42. The lowest BCUT2D eigenvalue weighted by atomic mass is 9.95. The number of carbonyl (C=O) groups is 1. The Balaban J connectivity index is 2.48. The van der Waals surface area contributed by atoms with Crippen LogP contribution in [-0.4, -0.2) is 17.5 Å². The summed E-state index contributed by atoms with van der Waals surface area (Å²) < 4.78 is 5.31. The summed E-state index contributed by atoms with van der Waals surface area (Å²) in [6, 6.07) is 0. The normalized spacial score (nSPS) is 44.4. The van der Waals surface area contributed by atoms with Crippen molar-refractivity contribution in [3.05, 3.63) is 11.1 Å². The van der Waals surface area contributed by atoms with Crippen LogP contribution in [0.4, 0.5) is 0 Å². The number of ketones is 1. The average molecular weight is 159 g/mol. The van der Waals surface area contributed by atoms with E-state index >= 15 is 0 Å². The fourth-order valence-corrected chi connectivity index (χ4v) is 1.68. The zero-order valence-corrected chi connectivity index (χ0v) is 6.31. The van der Waals surface area contributed by atoms with Gasteiger partial charge in [-0.2, -0.15) is 0 Å². The number of ether oxygens (including phenoxy) is 1. The Labute approximate surface area is 63.8 Å². The maximum Gasteiger partial charge on any atom is 0.172 e. The van der Waals surface area contributed by atoms with E-state index in [4.69, 9.17) is 16.3 Å². The molecule has 0 saturated carbocycles. The summed E-state index contributed by atoms with van der Waals surface area (Å²) in [6.07, 6.45) is 2.25. The second-order valence-corrected chi connectivity index (χ2v) is 3.24. The van der Waals surface area contributed by atoms with Crippen molar-refractivity contribution in [2.45, 2.75) is 25.0 Å². The Bertz CT molecular complexity index is 234. The molecule has 2 bridgehead atoms. The molecule has 0 spiro atoms. The quantitative estimate of drug-likeness (QED) is 0.530. The van der Waals surface area contributed by atoms with Crippen molar-refractivity contribution in [2.24, 2.45) is 0 Å². The fraction of sp³-hybridized carbons (Fsp3) is 0.571. The first-order valence-electron chi connectivity index (χ1n) is 3.22. The summed E-state index contributed by atoms with van der Waals surface area (Å²) in [5, 5.41) is 0.550. The highest BCUT2D eigenvalue weighted by molar-refractivity contribution is 6.33. The predicted octanol–water partition coefficient (Wildman–Crippen LogP) is 1.24. The van der Waals surface area contributed by atoms with Crippen molar-refractivity contribution in [3.63, 3.8) is 0 Å². The summed E-state index contributed by atoms with van der Waals surface area (Å²) in [5.41, 5.74) is -0.785. The van der Waals surface area contributed by atoms with Crippen molar-refractivity contribution >= 4 is 17.4 Å². The first kappa shape index (κ1) is 6.38. The molecule has 10 heavy (non-hydrogen) atoms. The van der Waals surface area contributed by atoms with Gasteiger partial charge < -0.3 is 4.74 Å². The third kappa shape index (κ3) is 0.559. The summed E-state index contributed by atoms with van der Waals surface area (Å²) in [5.74, 6) is 0.102. The van der Waals surface area contributed by atoms with E-state index in [1.807, 2.05) is 6.08 Å². The monoisotopic (exact) mass is 158 g/mol. The summed E-state index contributed by atoms with van der Waals surface area (Å²) in [7, 11) is 0. The molecule has 0 aromatic heterocycles. The van der Waals surface area contributed by atoms with Crippen LogP contribution in [-0.2, 0) is 9.53 Å². The van der Waals surface area contributed by atoms with E-state index < -0.39 is 5.60 Å². The van der Waals surface area contributed by atoms with E-state index in [1.165, 1.54) is 0 Å². The minimum atomic E-state index is -0.785. The molecule has 0 N–H and O–H groups in total. The summed E-state index contributed by atoms with van der Waals surface area (Å²) in [6.45, 7) is 1.72. The van der Waals surface area contributed by atoms with Gasteiger partial charge in [-0.15, -0.1) is 0 Å². The third-order valence-electron chi connectivity index (χ3n) is 2.09. The van der Waals surface area contributed by atoms with Crippen LogP contribution in [0.25, 0.3) is 0 Å². The molecule has 1 fully saturated rings. The molecular formula is C7H7ClO2. The van der Waals surface area contributed by atoms with Gasteiger partial charge in [-0.25, -0.2) is 0 Å². The number of Topliss-reactive ketones (excluding diaryl/α,β-unsaturated/α-hetero) is 1. The molecule has 2 rings (SSSR count). The zero-order chi connectivity index (χ0) is 7.35. The summed E-state index contributed by atoms with van der Waals surface area (Å²) >= 11 is 5.76. The van der Waals surface area contributed by atoms with Gasteiger partial charge in [0.15, 0.2) is 11.4 Å². The van der Waals surface area contributed by atoms with E-state index in [2.05, 4.69) is 0 Å². The molecule has 0 radical (unpaired) electrons. The molecule has 2 heterocycles. The fourth-order valence-electron chi connectivity index (χ4n) is 1.39. The molecule has 3 heteroatoms. The van der Waals surface area contributed by atoms with Gasteiger partial charge in [-0.3, -0.25) is 4.79 Å². The van der Waals surface area contributed by atoms with E-state index in [0.717, 1.165) is 0 Å². The molecule has 0 amide bonds. The van der Waals surface area contributed by atoms with Crippen LogP contribution in [0, 0.1) is 0 Å². The Morgan fingerprint density at radius 1 is 1.90 bits per heavy atom. The van der Waals surface area contributed by atoms with Crippen molar-refractivity contribution in [3.8, 4) is 0 Å². The largest absolute Gasteiger partial charge is 0.354 e. The van der Waals surface area contributed by atoms with E-state index in [1.54, 1.807) is 6.92 Å². The molecule has 0 aromatic carbocycles. The first-order chi connectivity index (χ1) is 4.63. The van der Waals surface area contributed by atoms with Crippen LogP contribution in [0.15, 0.2) is 11.1 Å². The van der Waals surface area contributed by atoms with Gasteiger partial charge in [0, 0.05) is 6.42 Å². The van der Waals surface area contributed by atoms with Gasteiger partial charge in [0.1, 0.15) is 0 Å². The van der Waals surface area contributed by atoms with E-state index in [9.17, 15) is 4.79 Å². The van der Waals surface area contributed by atoms with Gasteiger partial charge in [-0.1, -0.05) is 11.6 Å². The van der Waals surface area contributed by atoms with Crippen LogP contribution in [0.3, 0.4) is 0 Å². The van der Waals surface area contributed by atoms with Gasteiger partial charge in [0.05, 0.1) is 11.1 Å². The highest BCUT2D eigenvalue weighted by atomic mass is 35.5. The Morgan fingerprint density at radius 2 is 2.60 bits per heavy atom. The van der Waals surface area contributed by atoms with Crippen LogP contribution in [0.5, 0.6) is 0 Å². The van der Waals surface area contributed by atoms with Crippen LogP contribution < -0.4 is 0 Å². The number of hydrogen-bond donors (Lipinski definition) is 0. The van der Waals surface area contributed by atoms with Gasteiger partial charge in [0.25, 0.3) is 0 Å². The molecule has 2 aliphatic rings. The highest BCUT2D eigenvalue weighted by Gasteiger charge is 2.50. The minimum absolute atomic E-state index is 0.0509. The molecular weight excluding hydrogens is 152 g/mol. The zero-order valence-electron chi connectivity index (χ0n) is 5.56. The number of halogens is 1. The number of hydrogen-bond acceptors (Lipinski definition) is 2. The number of rotatable bonds is 0. The van der Waals surface area contributed by atoms with Crippen molar-refractivity contribution in [1.82, 2.24) is 0 Å². The predicted molar refractivity (Wildman–Crippen MR) is 36.8 cm³/mol. The second-order valence-electron chi connectivity index (χ2n) is 2.83. The van der Waals surface area contributed by atoms with Gasteiger partial charge in [0.2, 0.25) is 0 Å². The van der Waals surface area contributed by atoms with Crippen molar-refractivity contribution < 1.29 is 9.53 Å². The second kappa shape index (κ2) is 1.63. The minimum Gasteiger partial charge on any atom is -0.354 e. The molecule has 2 atom stereocenters. The number of fused-ring (bicyclic) bond motifs is 2. The van der Waals surface area contributed by atoms with Crippen LogP contribution in [0.1, 0.15) is 13.3 Å². The Kier molecular flexibility index (Phi) is 1.04. The van der Waals surface area contributed by atoms with E-state index in [-0.39, 0.29) is 11.9 Å².